The highest BCUT2D eigenvalue weighted by Crippen LogP contribution is 2.30. The largest absolute Gasteiger partial charge is 0.441 e. The van der Waals surface area contributed by atoms with Crippen LogP contribution in [-0.2, 0) is 6.54 Å². The van der Waals surface area contributed by atoms with Gasteiger partial charge in [-0.15, -0.1) is 0 Å². The SMILES string of the molecule is CCC(CSC(F)(F)F)NCc1ccc(F)cc1. The summed E-state index contributed by atoms with van der Waals surface area (Å²) in [6, 6.07) is 5.70. The maximum absolute atomic E-state index is 12.7. The molecule has 6 heteroatoms. The van der Waals surface area contributed by atoms with E-state index in [0.717, 1.165) is 5.56 Å². The van der Waals surface area contributed by atoms with Crippen molar-refractivity contribution in [3.05, 3.63) is 35.6 Å². The van der Waals surface area contributed by atoms with Crippen molar-refractivity contribution >= 4 is 11.8 Å². The average Bonchev–Trinajstić information content (AvgIpc) is 2.30. The fraction of sp³-hybridized carbons (Fsp3) is 0.500. The molecule has 0 fully saturated rings. The van der Waals surface area contributed by atoms with Gasteiger partial charge in [-0.2, -0.15) is 13.2 Å². The Labute approximate surface area is 108 Å². The Bertz CT molecular complexity index is 350. The molecule has 1 N–H and O–H groups in total. The van der Waals surface area contributed by atoms with Crippen LogP contribution in [0.25, 0.3) is 0 Å². The number of benzene rings is 1. The van der Waals surface area contributed by atoms with Crippen LogP contribution in [-0.4, -0.2) is 17.3 Å². The molecule has 0 heterocycles. The fourth-order valence-corrected chi connectivity index (χ4v) is 2.12. The zero-order valence-electron chi connectivity index (χ0n) is 9.93. The Morgan fingerprint density at radius 1 is 1.22 bits per heavy atom. The molecule has 1 nitrogen and oxygen atoms in total. The molecule has 0 spiro atoms. The molecule has 0 aliphatic heterocycles. The minimum Gasteiger partial charge on any atom is -0.309 e. The first-order valence-electron chi connectivity index (χ1n) is 5.59. The van der Waals surface area contributed by atoms with Crippen molar-refractivity contribution in [3.8, 4) is 0 Å². The lowest BCUT2D eigenvalue weighted by molar-refractivity contribution is -0.0329. The first-order valence-corrected chi connectivity index (χ1v) is 6.58. The van der Waals surface area contributed by atoms with E-state index in [4.69, 9.17) is 0 Å². The van der Waals surface area contributed by atoms with E-state index in [2.05, 4.69) is 5.32 Å². The Kier molecular flexibility index (Phi) is 5.95. The maximum atomic E-state index is 12.7. The summed E-state index contributed by atoms with van der Waals surface area (Å²) in [5.74, 6) is -0.334. The van der Waals surface area contributed by atoms with Crippen molar-refractivity contribution in [2.75, 3.05) is 5.75 Å². The molecule has 1 unspecified atom stereocenters. The number of hydrogen-bond donors (Lipinski definition) is 1. The van der Waals surface area contributed by atoms with Crippen LogP contribution in [0.15, 0.2) is 24.3 Å². The van der Waals surface area contributed by atoms with Crippen molar-refractivity contribution in [1.82, 2.24) is 5.32 Å². The summed E-state index contributed by atoms with van der Waals surface area (Å²) in [5, 5.41) is 3.03. The van der Waals surface area contributed by atoms with E-state index in [0.29, 0.717) is 13.0 Å². The van der Waals surface area contributed by atoms with Crippen LogP contribution >= 0.6 is 11.8 Å². The molecule has 0 aliphatic carbocycles. The topological polar surface area (TPSA) is 12.0 Å². The first-order chi connectivity index (χ1) is 8.40. The molecule has 0 saturated carbocycles. The second-order valence-corrected chi connectivity index (χ2v) is 4.95. The minimum atomic E-state index is -4.19. The Balaban J connectivity index is 2.37. The summed E-state index contributed by atoms with van der Waals surface area (Å²) < 4.78 is 48.8. The van der Waals surface area contributed by atoms with Gasteiger partial charge in [-0.25, -0.2) is 4.39 Å². The van der Waals surface area contributed by atoms with Crippen LogP contribution in [0.1, 0.15) is 18.9 Å². The third kappa shape index (κ3) is 6.26. The standard InChI is InChI=1S/C12H15F4NS/c1-2-11(8-18-12(14,15)16)17-7-9-3-5-10(13)6-4-9/h3-6,11,17H,2,7-8H2,1H3. The van der Waals surface area contributed by atoms with Crippen molar-refractivity contribution in [2.24, 2.45) is 0 Å². The van der Waals surface area contributed by atoms with Crippen LogP contribution in [0.3, 0.4) is 0 Å². The zero-order valence-corrected chi connectivity index (χ0v) is 10.7. The number of halogens is 4. The third-order valence-electron chi connectivity index (χ3n) is 2.45. The molecule has 1 rings (SSSR count). The van der Waals surface area contributed by atoms with Crippen LogP contribution < -0.4 is 5.32 Å². The maximum Gasteiger partial charge on any atom is 0.441 e. The van der Waals surface area contributed by atoms with Gasteiger partial charge >= 0.3 is 5.51 Å². The molecule has 0 bridgehead atoms. The number of nitrogens with one attached hydrogen (secondary N) is 1. The van der Waals surface area contributed by atoms with E-state index >= 15 is 0 Å². The van der Waals surface area contributed by atoms with E-state index in [1.54, 1.807) is 12.1 Å². The predicted molar refractivity (Wildman–Crippen MR) is 65.8 cm³/mol. The van der Waals surface area contributed by atoms with Crippen molar-refractivity contribution in [1.29, 1.82) is 0 Å². The fourth-order valence-electron chi connectivity index (χ4n) is 1.38. The number of rotatable bonds is 6. The zero-order chi connectivity index (χ0) is 13.6. The lowest BCUT2D eigenvalue weighted by Crippen LogP contribution is -2.31. The van der Waals surface area contributed by atoms with E-state index in [9.17, 15) is 17.6 Å². The highest BCUT2D eigenvalue weighted by Gasteiger charge is 2.29. The van der Waals surface area contributed by atoms with Gasteiger partial charge in [0.05, 0.1) is 0 Å². The first kappa shape index (κ1) is 15.3. The van der Waals surface area contributed by atoms with Gasteiger partial charge in [0.2, 0.25) is 0 Å². The van der Waals surface area contributed by atoms with Gasteiger partial charge in [-0.3, -0.25) is 0 Å². The Morgan fingerprint density at radius 3 is 2.33 bits per heavy atom. The van der Waals surface area contributed by atoms with Crippen LogP contribution in [0.2, 0.25) is 0 Å². The second-order valence-electron chi connectivity index (χ2n) is 3.87. The summed E-state index contributed by atoms with van der Waals surface area (Å²) in [6.45, 7) is 2.27. The number of hydrogen-bond acceptors (Lipinski definition) is 2. The molecule has 0 saturated heterocycles. The minimum absolute atomic E-state index is 0.0127. The van der Waals surface area contributed by atoms with E-state index in [1.165, 1.54) is 12.1 Å². The van der Waals surface area contributed by atoms with Gasteiger partial charge in [-0.1, -0.05) is 19.1 Å². The van der Waals surface area contributed by atoms with Gasteiger partial charge in [0, 0.05) is 18.3 Å². The molecule has 0 amide bonds. The van der Waals surface area contributed by atoms with Gasteiger partial charge < -0.3 is 5.32 Å². The predicted octanol–water partition coefficient (Wildman–Crippen LogP) is 3.95. The quantitative estimate of drug-likeness (QED) is 0.792. The molecule has 102 valence electrons. The lowest BCUT2D eigenvalue weighted by atomic mass is 10.2. The van der Waals surface area contributed by atoms with E-state index < -0.39 is 5.51 Å². The molecular formula is C12H15F4NS. The normalized spacial score (nSPS) is 13.6. The molecule has 1 aromatic rings. The van der Waals surface area contributed by atoms with Crippen LogP contribution in [0, 0.1) is 5.82 Å². The lowest BCUT2D eigenvalue weighted by Gasteiger charge is -2.17. The molecule has 0 aliphatic rings. The summed E-state index contributed by atoms with van der Waals surface area (Å²) in [4.78, 5) is 0. The smallest absolute Gasteiger partial charge is 0.309 e. The summed E-state index contributed by atoms with van der Waals surface area (Å²) >= 11 is -0.0187. The average molecular weight is 281 g/mol. The van der Waals surface area contributed by atoms with Gasteiger partial charge in [0.1, 0.15) is 5.82 Å². The third-order valence-corrected chi connectivity index (χ3v) is 3.35. The van der Waals surface area contributed by atoms with Gasteiger partial charge in [0.25, 0.3) is 0 Å². The van der Waals surface area contributed by atoms with Crippen LogP contribution in [0.4, 0.5) is 17.6 Å². The number of alkyl halides is 3. The highest BCUT2D eigenvalue weighted by molar-refractivity contribution is 8.00. The van der Waals surface area contributed by atoms with Crippen LogP contribution in [0.5, 0.6) is 0 Å². The highest BCUT2D eigenvalue weighted by atomic mass is 32.2. The summed E-state index contributed by atoms with van der Waals surface area (Å²) in [5.41, 5.74) is -3.34. The van der Waals surface area contributed by atoms with Crippen molar-refractivity contribution in [3.63, 3.8) is 0 Å². The van der Waals surface area contributed by atoms with Gasteiger partial charge in [0.15, 0.2) is 0 Å². The molecular weight excluding hydrogens is 266 g/mol. The second kappa shape index (κ2) is 6.99. The molecule has 18 heavy (non-hydrogen) atoms. The monoisotopic (exact) mass is 281 g/mol. The molecule has 1 aromatic carbocycles. The van der Waals surface area contributed by atoms with E-state index in [1.807, 2.05) is 6.92 Å². The summed E-state index contributed by atoms with van der Waals surface area (Å²) in [7, 11) is 0. The van der Waals surface area contributed by atoms with Gasteiger partial charge in [-0.05, 0) is 35.9 Å². The molecule has 0 aromatic heterocycles. The van der Waals surface area contributed by atoms with Crippen molar-refractivity contribution in [2.45, 2.75) is 31.4 Å². The summed E-state index contributed by atoms with van der Waals surface area (Å²) in [6.07, 6.45) is 0.615. The number of thioether (sulfide) groups is 1. The molecule has 1 atom stereocenters. The Morgan fingerprint density at radius 2 is 1.83 bits per heavy atom. The van der Waals surface area contributed by atoms with E-state index in [-0.39, 0.29) is 29.4 Å². The molecule has 0 radical (unpaired) electrons. The Hall–Kier alpha value is -0.750. The van der Waals surface area contributed by atoms with Crippen molar-refractivity contribution < 1.29 is 17.6 Å².